The number of carbonyl (C=O) groups excluding carboxylic acids is 2. The van der Waals surface area contributed by atoms with Gasteiger partial charge in [-0.3, -0.25) is 9.79 Å². The average molecular weight is 507 g/mol. The molecule has 0 saturated carbocycles. The van der Waals surface area contributed by atoms with Crippen LogP contribution in [0.15, 0.2) is 50.5 Å². The molecule has 7 nitrogen and oxygen atoms in total. The van der Waals surface area contributed by atoms with E-state index in [1.165, 1.54) is 30.4 Å². The number of fused-ring (bicyclic) bond motifs is 1. The van der Waals surface area contributed by atoms with E-state index in [2.05, 4.69) is 26.2 Å². The minimum absolute atomic E-state index is 0.145. The number of ether oxygens (including phenoxy) is 1. The number of rotatable bonds is 5. The molecule has 31 heavy (non-hydrogen) atoms. The second-order valence-corrected chi connectivity index (χ2v) is 8.90. The number of halogens is 2. The maximum Gasteiger partial charge on any atom is 0.338 e. The number of aliphatic imine (C=N–C) groups is 1. The number of aromatic nitrogens is 1. The van der Waals surface area contributed by atoms with Crippen LogP contribution in [-0.2, 0) is 14.3 Å². The monoisotopic (exact) mass is 506 g/mol. The standard InChI is InChI=1S/C21H20BrFN4O3S/c1-3-30-21(29)17-16-9-13(25-11(2)28)10-27(16)19(20-24-6-7-31-20)26-18(17)14-5-4-12(23)8-15(14)22/h4-8,13,18H,3,9-10H2,1-2H3,(H,25,28)/t13-,18+/m1/s1. The lowest BCUT2D eigenvalue weighted by Crippen LogP contribution is -2.39. The Kier molecular flexibility index (Phi) is 6.19. The molecule has 4 rings (SSSR count). The first-order valence-corrected chi connectivity index (χ1v) is 11.4. The number of nitrogens with one attached hydrogen (secondary N) is 1. The van der Waals surface area contributed by atoms with Gasteiger partial charge in [0.2, 0.25) is 5.91 Å². The third kappa shape index (κ3) is 4.27. The van der Waals surface area contributed by atoms with Crippen LogP contribution in [0.4, 0.5) is 4.39 Å². The van der Waals surface area contributed by atoms with Gasteiger partial charge in [0.1, 0.15) is 11.9 Å². The molecule has 10 heteroatoms. The summed E-state index contributed by atoms with van der Waals surface area (Å²) in [5.41, 5.74) is 1.77. The summed E-state index contributed by atoms with van der Waals surface area (Å²) in [6.45, 7) is 3.89. The summed E-state index contributed by atoms with van der Waals surface area (Å²) >= 11 is 4.85. The number of nitrogens with zero attached hydrogens (tertiary/aromatic N) is 3. The highest BCUT2D eigenvalue weighted by molar-refractivity contribution is 9.10. The van der Waals surface area contributed by atoms with Crippen LogP contribution in [0.25, 0.3) is 0 Å². The summed E-state index contributed by atoms with van der Waals surface area (Å²) in [7, 11) is 0. The van der Waals surface area contributed by atoms with Gasteiger partial charge in [0.25, 0.3) is 0 Å². The van der Waals surface area contributed by atoms with Crippen molar-refractivity contribution in [1.82, 2.24) is 15.2 Å². The highest BCUT2D eigenvalue weighted by atomic mass is 79.9. The van der Waals surface area contributed by atoms with Gasteiger partial charge in [0.05, 0.1) is 18.2 Å². The first-order valence-electron chi connectivity index (χ1n) is 9.76. The zero-order valence-corrected chi connectivity index (χ0v) is 19.3. The number of hydrogen-bond acceptors (Lipinski definition) is 7. The molecule has 1 fully saturated rings. The number of amides is 1. The fourth-order valence-corrected chi connectivity index (χ4v) is 5.11. The lowest BCUT2D eigenvalue weighted by atomic mass is 9.94. The smallest absolute Gasteiger partial charge is 0.338 e. The van der Waals surface area contributed by atoms with E-state index in [1.807, 2.05) is 10.3 Å². The zero-order valence-electron chi connectivity index (χ0n) is 16.9. The maximum atomic E-state index is 13.8. The minimum Gasteiger partial charge on any atom is -0.463 e. The predicted molar refractivity (Wildman–Crippen MR) is 118 cm³/mol. The molecule has 0 bridgehead atoms. The quantitative estimate of drug-likeness (QED) is 0.626. The van der Waals surface area contributed by atoms with E-state index in [1.54, 1.807) is 19.2 Å². The van der Waals surface area contributed by atoms with Crippen molar-refractivity contribution in [3.63, 3.8) is 0 Å². The Bertz CT molecular complexity index is 1090. The Morgan fingerprint density at radius 3 is 2.87 bits per heavy atom. The number of carbonyl (C=O) groups is 2. The van der Waals surface area contributed by atoms with Crippen LogP contribution in [0.2, 0.25) is 0 Å². The molecule has 162 valence electrons. The fraction of sp³-hybridized carbons (Fsp3) is 0.333. The van der Waals surface area contributed by atoms with Crippen LogP contribution in [0.1, 0.15) is 36.9 Å². The number of hydrogen-bond donors (Lipinski definition) is 1. The first kappa shape index (κ1) is 21.6. The van der Waals surface area contributed by atoms with E-state index in [4.69, 9.17) is 9.73 Å². The van der Waals surface area contributed by atoms with Crippen molar-refractivity contribution in [2.75, 3.05) is 13.2 Å². The van der Waals surface area contributed by atoms with Gasteiger partial charge >= 0.3 is 5.97 Å². The van der Waals surface area contributed by atoms with Crippen molar-refractivity contribution >= 4 is 45.0 Å². The third-order valence-electron chi connectivity index (χ3n) is 5.04. The zero-order chi connectivity index (χ0) is 22.1. The van der Waals surface area contributed by atoms with E-state index >= 15 is 0 Å². The van der Waals surface area contributed by atoms with Gasteiger partial charge in [-0.05, 0) is 24.6 Å². The molecule has 2 aromatic rings. The minimum atomic E-state index is -0.699. The van der Waals surface area contributed by atoms with Gasteiger partial charge in [0.15, 0.2) is 10.8 Å². The summed E-state index contributed by atoms with van der Waals surface area (Å²) in [5.74, 6) is -0.399. The molecule has 2 aliphatic heterocycles. The molecular weight excluding hydrogens is 487 g/mol. The Morgan fingerprint density at radius 1 is 1.42 bits per heavy atom. The molecule has 1 aromatic heterocycles. The van der Waals surface area contributed by atoms with E-state index in [0.717, 1.165) is 5.70 Å². The van der Waals surface area contributed by atoms with Crippen molar-refractivity contribution in [2.24, 2.45) is 4.99 Å². The van der Waals surface area contributed by atoms with Crippen LogP contribution < -0.4 is 5.32 Å². The highest BCUT2D eigenvalue weighted by Crippen LogP contribution is 2.42. The second-order valence-electron chi connectivity index (χ2n) is 7.15. The molecular formula is C21H20BrFN4O3S. The lowest BCUT2D eigenvalue weighted by molar-refractivity contribution is -0.139. The van der Waals surface area contributed by atoms with E-state index < -0.39 is 17.8 Å². The first-order chi connectivity index (χ1) is 14.9. The SMILES string of the molecule is CCOC(=O)C1=C2C[C@@H](NC(C)=O)CN2C(c2nccs2)=N[C@H]1c1ccc(F)cc1Br. The molecule has 3 heterocycles. The van der Waals surface area contributed by atoms with Crippen molar-refractivity contribution in [1.29, 1.82) is 0 Å². The molecule has 0 unspecified atom stereocenters. The molecule has 0 spiro atoms. The van der Waals surface area contributed by atoms with Gasteiger partial charge in [-0.1, -0.05) is 22.0 Å². The topological polar surface area (TPSA) is 83.9 Å². The van der Waals surface area contributed by atoms with Crippen LogP contribution >= 0.6 is 27.3 Å². The lowest BCUT2D eigenvalue weighted by Gasteiger charge is -2.31. The highest BCUT2D eigenvalue weighted by Gasteiger charge is 2.42. The van der Waals surface area contributed by atoms with Crippen LogP contribution in [0.5, 0.6) is 0 Å². The van der Waals surface area contributed by atoms with E-state index in [9.17, 15) is 14.0 Å². The molecule has 1 saturated heterocycles. The van der Waals surface area contributed by atoms with Crippen LogP contribution in [0, 0.1) is 5.82 Å². The Labute approximate surface area is 191 Å². The van der Waals surface area contributed by atoms with Crippen molar-refractivity contribution < 1.29 is 18.7 Å². The molecule has 0 radical (unpaired) electrons. The Hall–Kier alpha value is -2.59. The van der Waals surface area contributed by atoms with Gasteiger partial charge in [-0.2, -0.15) is 0 Å². The van der Waals surface area contributed by atoms with Gasteiger partial charge in [-0.25, -0.2) is 14.2 Å². The largest absolute Gasteiger partial charge is 0.463 e. The Balaban J connectivity index is 1.89. The summed E-state index contributed by atoms with van der Waals surface area (Å²) in [6.07, 6.45) is 2.14. The summed E-state index contributed by atoms with van der Waals surface area (Å²) in [4.78, 5) is 36.0. The number of thiazole rings is 1. The van der Waals surface area contributed by atoms with E-state index in [-0.39, 0.29) is 18.6 Å². The molecule has 1 amide bonds. The van der Waals surface area contributed by atoms with Crippen molar-refractivity contribution in [2.45, 2.75) is 32.4 Å². The summed E-state index contributed by atoms with van der Waals surface area (Å²) in [5, 5.41) is 5.49. The molecule has 1 N–H and O–H groups in total. The summed E-state index contributed by atoms with van der Waals surface area (Å²) < 4.78 is 19.6. The number of benzene rings is 1. The van der Waals surface area contributed by atoms with Crippen LogP contribution in [0.3, 0.4) is 0 Å². The van der Waals surface area contributed by atoms with Crippen LogP contribution in [-0.4, -0.2) is 46.8 Å². The number of amidine groups is 1. The fourth-order valence-electron chi connectivity index (χ4n) is 3.90. The van der Waals surface area contributed by atoms with Gasteiger partial charge < -0.3 is 15.0 Å². The average Bonchev–Trinajstić information content (AvgIpc) is 3.36. The molecule has 2 atom stereocenters. The molecule has 2 aliphatic rings. The maximum absolute atomic E-state index is 13.8. The van der Waals surface area contributed by atoms with Gasteiger partial charge in [0, 0.05) is 41.6 Å². The normalized spacial score (nSPS) is 20.4. The predicted octanol–water partition coefficient (Wildman–Crippen LogP) is 3.57. The molecule has 0 aliphatic carbocycles. The number of esters is 1. The van der Waals surface area contributed by atoms with Crippen molar-refractivity contribution in [3.8, 4) is 0 Å². The van der Waals surface area contributed by atoms with E-state index in [0.29, 0.717) is 39.4 Å². The van der Waals surface area contributed by atoms with Gasteiger partial charge in [-0.15, -0.1) is 11.3 Å². The Morgan fingerprint density at radius 2 is 2.23 bits per heavy atom. The molecule has 1 aromatic carbocycles. The van der Waals surface area contributed by atoms with Crippen molar-refractivity contribution in [3.05, 3.63) is 61.9 Å². The second kappa shape index (κ2) is 8.88. The summed E-state index contributed by atoms with van der Waals surface area (Å²) in [6, 6.07) is 3.42. The third-order valence-corrected chi connectivity index (χ3v) is 6.50.